The molecule has 0 spiro atoms. The molecule has 0 bridgehead atoms. The Morgan fingerprint density at radius 2 is 1.87 bits per heavy atom. The molecule has 0 aliphatic heterocycles. The lowest BCUT2D eigenvalue weighted by Crippen LogP contribution is -2.40. The predicted molar refractivity (Wildman–Crippen MR) is 126 cm³/mol. The molecule has 0 saturated carbocycles. The summed E-state index contributed by atoms with van der Waals surface area (Å²) in [6, 6.07) is 16.4. The molecule has 3 N–H and O–H groups in total. The Hall–Kier alpha value is -3.24. The number of thiocarbonyl (C=S) groups is 1. The highest BCUT2D eigenvalue weighted by molar-refractivity contribution is 7.92. The number of sulfonamides is 1. The summed E-state index contributed by atoms with van der Waals surface area (Å²) in [6.07, 6.45) is 4.42. The highest BCUT2D eigenvalue weighted by atomic mass is 32.2. The van der Waals surface area contributed by atoms with E-state index in [1.54, 1.807) is 31.3 Å². The van der Waals surface area contributed by atoms with Crippen molar-refractivity contribution in [3.63, 3.8) is 0 Å². The highest BCUT2D eigenvalue weighted by Gasteiger charge is 2.24. The second kappa shape index (κ2) is 10.2. The summed E-state index contributed by atoms with van der Waals surface area (Å²) >= 11 is 5.30. The minimum Gasteiger partial charge on any atom is -0.355 e. The van der Waals surface area contributed by atoms with E-state index in [0.29, 0.717) is 16.6 Å². The summed E-state index contributed by atoms with van der Waals surface area (Å²) in [6.45, 7) is 4.04. The Morgan fingerprint density at radius 1 is 1.10 bits per heavy atom. The van der Waals surface area contributed by atoms with Gasteiger partial charge in [0.15, 0.2) is 5.11 Å². The first-order valence-electron chi connectivity index (χ1n) is 9.68. The van der Waals surface area contributed by atoms with E-state index in [0.717, 1.165) is 5.56 Å². The van der Waals surface area contributed by atoms with Crippen LogP contribution in [0, 0.1) is 0 Å². The maximum atomic E-state index is 13.0. The van der Waals surface area contributed by atoms with Crippen molar-refractivity contribution < 1.29 is 8.42 Å². The number of hydrogen-bond acceptors (Lipinski definition) is 6. The second-order valence-electron chi connectivity index (χ2n) is 6.62. The van der Waals surface area contributed by atoms with Gasteiger partial charge in [-0.05, 0) is 55.9 Å². The molecule has 2 aromatic heterocycles. The fourth-order valence-electron chi connectivity index (χ4n) is 2.91. The van der Waals surface area contributed by atoms with Crippen molar-refractivity contribution in [2.75, 3.05) is 16.3 Å². The molecule has 8 nitrogen and oxygen atoms in total. The fourth-order valence-corrected chi connectivity index (χ4v) is 4.54. The number of hydrazine groups is 1. The number of nitrogens with one attached hydrogen (secondary N) is 3. The van der Waals surface area contributed by atoms with Gasteiger partial charge in [0, 0.05) is 18.9 Å². The van der Waals surface area contributed by atoms with Crippen LogP contribution in [0.4, 0.5) is 11.5 Å². The van der Waals surface area contributed by atoms with E-state index < -0.39 is 10.0 Å². The third kappa shape index (κ3) is 5.68. The van der Waals surface area contributed by atoms with Crippen LogP contribution in [0.1, 0.15) is 25.5 Å². The Morgan fingerprint density at radius 3 is 2.48 bits per heavy atom. The van der Waals surface area contributed by atoms with Crippen LogP contribution in [0.5, 0.6) is 0 Å². The van der Waals surface area contributed by atoms with Crippen LogP contribution in [0.25, 0.3) is 0 Å². The van der Waals surface area contributed by atoms with Gasteiger partial charge in [-0.2, -0.15) is 0 Å². The smallest absolute Gasteiger partial charge is 0.265 e. The van der Waals surface area contributed by atoms with Gasteiger partial charge in [0.1, 0.15) is 10.7 Å². The van der Waals surface area contributed by atoms with Gasteiger partial charge in [-0.15, -0.1) is 0 Å². The lowest BCUT2D eigenvalue weighted by atomic mass is 10.1. The van der Waals surface area contributed by atoms with Gasteiger partial charge in [-0.1, -0.05) is 30.3 Å². The third-order valence-electron chi connectivity index (χ3n) is 4.50. The van der Waals surface area contributed by atoms with Crippen molar-refractivity contribution in [1.29, 1.82) is 0 Å². The van der Waals surface area contributed by atoms with Crippen molar-refractivity contribution in [2.45, 2.75) is 24.8 Å². The fraction of sp³-hybridized carbons (Fsp3) is 0.190. The normalized spacial score (nSPS) is 11.9. The monoisotopic (exact) mass is 456 g/mol. The van der Waals surface area contributed by atoms with Gasteiger partial charge >= 0.3 is 0 Å². The maximum absolute atomic E-state index is 13.0. The summed E-state index contributed by atoms with van der Waals surface area (Å²) in [5.74, 6) is 0.430. The summed E-state index contributed by atoms with van der Waals surface area (Å²) in [5.41, 5.74) is 7.33. The van der Waals surface area contributed by atoms with Crippen LogP contribution in [0.2, 0.25) is 0 Å². The Kier molecular flexibility index (Phi) is 7.37. The lowest BCUT2D eigenvalue weighted by molar-refractivity contribution is 0.591. The van der Waals surface area contributed by atoms with Crippen molar-refractivity contribution in [2.24, 2.45) is 0 Å². The van der Waals surface area contributed by atoms with E-state index in [9.17, 15) is 8.42 Å². The van der Waals surface area contributed by atoms with Gasteiger partial charge in [0.25, 0.3) is 10.0 Å². The zero-order chi connectivity index (χ0) is 22.3. The Bertz CT molecular complexity index is 1090. The number of rotatable bonds is 8. The quantitative estimate of drug-likeness (QED) is 0.351. The molecule has 1 atom stereocenters. The summed E-state index contributed by atoms with van der Waals surface area (Å²) in [4.78, 5) is 8.26. The largest absolute Gasteiger partial charge is 0.355 e. The van der Waals surface area contributed by atoms with Crippen molar-refractivity contribution in [1.82, 2.24) is 20.7 Å². The number of aromatic nitrogens is 2. The van der Waals surface area contributed by atoms with E-state index >= 15 is 0 Å². The highest BCUT2D eigenvalue weighted by Crippen LogP contribution is 2.22. The van der Waals surface area contributed by atoms with Crippen LogP contribution >= 0.6 is 12.2 Å². The van der Waals surface area contributed by atoms with Gasteiger partial charge < -0.3 is 5.32 Å². The molecule has 3 aromatic rings. The molecule has 0 radical (unpaired) electrons. The van der Waals surface area contributed by atoms with E-state index in [1.165, 1.54) is 22.8 Å². The molecule has 2 heterocycles. The summed E-state index contributed by atoms with van der Waals surface area (Å²) in [5, 5.41) is 3.56. The minimum absolute atomic E-state index is 0.0241. The van der Waals surface area contributed by atoms with Crippen LogP contribution in [0.3, 0.4) is 0 Å². The Balaban J connectivity index is 1.61. The zero-order valence-corrected chi connectivity index (χ0v) is 18.8. The van der Waals surface area contributed by atoms with Crippen molar-refractivity contribution in [3.05, 3.63) is 78.8 Å². The standard InChI is InChI=1S/C21H24N6O2S2/c1-3-27(18-10-7-13-22-14-18)31(28,29)19-11-12-20(23-15-19)25-26-21(30)24-16(2)17-8-5-4-6-9-17/h4-16H,3H2,1-2H3,(H,23,25)(H2,24,26,30). The number of anilines is 2. The predicted octanol–water partition coefficient (Wildman–Crippen LogP) is 3.24. The number of benzene rings is 1. The van der Waals surface area contributed by atoms with E-state index in [1.807, 2.05) is 37.3 Å². The molecule has 3 rings (SSSR count). The maximum Gasteiger partial charge on any atom is 0.265 e. The summed E-state index contributed by atoms with van der Waals surface area (Å²) in [7, 11) is -3.75. The molecule has 0 aliphatic rings. The molecule has 162 valence electrons. The molecule has 31 heavy (non-hydrogen) atoms. The average Bonchev–Trinajstić information content (AvgIpc) is 2.79. The molecule has 0 amide bonds. The lowest BCUT2D eigenvalue weighted by Gasteiger charge is -2.22. The van der Waals surface area contributed by atoms with Crippen molar-refractivity contribution in [3.8, 4) is 0 Å². The molecule has 0 saturated heterocycles. The molecule has 1 unspecified atom stereocenters. The first-order chi connectivity index (χ1) is 14.9. The van der Waals surface area contributed by atoms with Gasteiger partial charge in [0.2, 0.25) is 0 Å². The van der Waals surface area contributed by atoms with Crippen LogP contribution in [-0.2, 0) is 10.0 Å². The molecular weight excluding hydrogens is 432 g/mol. The third-order valence-corrected chi connectivity index (χ3v) is 6.60. The molecule has 10 heteroatoms. The van der Waals surface area contributed by atoms with Crippen LogP contribution in [-0.4, -0.2) is 30.0 Å². The van der Waals surface area contributed by atoms with Crippen molar-refractivity contribution >= 4 is 38.9 Å². The molecule has 1 aromatic carbocycles. The van der Waals surface area contributed by atoms with Crippen LogP contribution < -0.4 is 20.5 Å². The van der Waals surface area contributed by atoms with Gasteiger partial charge in [-0.25, -0.2) is 13.4 Å². The van der Waals surface area contributed by atoms with E-state index in [2.05, 4.69) is 26.1 Å². The first kappa shape index (κ1) is 22.4. The molecular formula is C21H24N6O2S2. The molecule has 0 fully saturated rings. The number of hydrogen-bond donors (Lipinski definition) is 3. The first-order valence-corrected chi connectivity index (χ1v) is 11.5. The zero-order valence-electron chi connectivity index (χ0n) is 17.2. The molecule has 0 aliphatic carbocycles. The number of pyridine rings is 2. The topological polar surface area (TPSA) is 99.2 Å². The second-order valence-corrected chi connectivity index (χ2v) is 8.89. The van der Waals surface area contributed by atoms with Crippen LogP contribution in [0.15, 0.2) is 78.1 Å². The SMILES string of the molecule is CCN(c1cccnc1)S(=O)(=O)c1ccc(NNC(=S)NC(C)c2ccccc2)nc1. The Labute approximate surface area is 187 Å². The van der Waals surface area contributed by atoms with E-state index in [-0.39, 0.29) is 17.5 Å². The van der Waals surface area contributed by atoms with Gasteiger partial charge in [0.05, 0.1) is 17.9 Å². The average molecular weight is 457 g/mol. The van der Waals surface area contributed by atoms with Gasteiger partial charge in [-0.3, -0.25) is 20.1 Å². The van der Waals surface area contributed by atoms with E-state index in [4.69, 9.17) is 12.2 Å². The summed E-state index contributed by atoms with van der Waals surface area (Å²) < 4.78 is 27.3. The minimum atomic E-state index is -3.75. The number of nitrogens with zero attached hydrogens (tertiary/aromatic N) is 3.